The number of carbonyl (C=O) groups excluding carboxylic acids is 2. The van der Waals surface area contributed by atoms with Crippen LogP contribution in [0.1, 0.15) is 24.1 Å². The summed E-state index contributed by atoms with van der Waals surface area (Å²) in [5.74, 6) is -0.286. The highest BCUT2D eigenvalue weighted by Gasteiger charge is 2.20. The lowest BCUT2D eigenvalue weighted by atomic mass is 10.1. The Balaban J connectivity index is 2.09. The summed E-state index contributed by atoms with van der Waals surface area (Å²) in [6.07, 6.45) is 0. The number of benzene rings is 2. The van der Waals surface area contributed by atoms with E-state index in [1.54, 1.807) is 6.07 Å². The van der Waals surface area contributed by atoms with Crippen molar-refractivity contribution in [2.75, 3.05) is 18.4 Å². The second-order valence-corrected chi connectivity index (χ2v) is 6.14. The number of nitrogens with one attached hydrogen (secondary N) is 3. The van der Waals surface area contributed by atoms with E-state index < -0.39 is 6.04 Å². The lowest BCUT2D eigenvalue weighted by Gasteiger charge is -2.19. The van der Waals surface area contributed by atoms with Gasteiger partial charge in [0.05, 0.1) is 0 Å². The molecule has 0 aliphatic rings. The first-order valence-electron chi connectivity index (χ1n) is 8.07. The Morgan fingerprint density at radius 3 is 2.44 bits per heavy atom. The highest BCUT2D eigenvalue weighted by atomic mass is 35.5. The number of amides is 2. The molecule has 2 aromatic rings. The third kappa shape index (κ3) is 5.89. The second kappa shape index (κ2) is 9.20. The van der Waals surface area contributed by atoms with E-state index in [9.17, 15) is 9.59 Å². The largest absolute Gasteiger partial charge is 0.355 e. The molecule has 0 radical (unpaired) electrons. The maximum atomic E-state index is 12.7. The van der Waals surface area contributed by atoms with Gasteiger partial charge in [-0.15, -0.1) is 0 Å². The first kappa shape index (κ1) is 19.0. The van der Waals surface area contributed by atoms with Crippen LogP contribution in [0, 0.1) is 6.92 Å². The summed E-state index contributed by atoms with van der Waals surface area (Å²) in [5, 5.41) is 9.37. The van der Waals surface area contributed by atoms with E-state index >= 15 is 0 Å². The van der Waals surface area contributed by atoms with Crippen molar-refractivity contribution in [2.45, 2.75) is 19.9 Å². The van der Waals surface area contributed by atoms with Crippen molar-refractivity contribution in [2.24, 2.45) is 0 Å². The van der Waals surface area contributed by atoms with E-state index in [0.717, 1.165) is 11.1 Å². The minimum Gasteiger partial charge on any atom is -0.355 e. The van der Waals surface area contributed by atoms with Crippen LogP contribution in [0.5, 0.6) is 0 Å². The van der Waals surface area contributed by atoms with E-state index in [4.69, 9.17) is 11.6 Å². The average molecular weight is 360 g/mol. The predicted octanol–water partition coefficient (Wildman–Crippen LogP) is 3.05. The Bertz CT molecular complexity index is 735. The van der Waals surface area contributed by atoms with Gasteiger partial charge in [-0.1, -0.05) is 48.0 Å². The molecule has 3 N–H and O–H groups in total. The summed E-state index contributed by atoms with van der Waals surface area (Å²) in [6.45, 7) is 4.29. The average Bonchev–Trinajstić information content (AvgIpc) is 2.58. The van der Waals surface area contributed by atoms with Crippen molar-refractivity contribution in [3.8, 4) is 0 Å². The second-order valence-electron chi connectivity index (χ2n) is 5.73. The van der Waals surface area contributed by atoms with Crippen LogP contribution in [-0.4, -0.2) is 24.9 Å². The smallest absolute Gasteiger partial charge is 0.246 e. The molecule has 132 valence electrons. The number of hydrogen-bond donors (Lipinski definition) is 3. The van der Waals surface area contributed by atoms with Crippen LogP contribution >= 0.6 is 11.6 Å². The molecule has 2 aromatic carbocycles. The molecule has 0 aromatic heterocycles. The molecule has 0 spiro atoms. The van der Waals surface area contributed by atoms with Crippen LogP contribution < -0.4 is 16.0 Å². The maximum Gasteiger partial charge on any atom is 0.246 e. The highest BCUT2D eigenvalue weighted by molar-refractivity contribution is 6.31. The molecule has 0 fully saturated rings. The Morgan fingerprint density at radius 1 is 1.08 bits per heavy atom. The summed E-state index contributed by atoms with van der Waals surface area (Å²) in [4.78, 5) is 23.7. The number of carbonyl (C=O) groups is 2. The molecule has 5 nitrogen and oxygen atoms in total. The van der Waals surface area contributed by atoms with Gasteiger partial charge in [0, 0.05) is 30.7 Å². The molecule has 0 unspecified atom stereocenters. The van der Waals surface area contributed by atoms with Gasteiger partial charge in [-0.05, 0) is 30.2 Å². The molecular weight excluding hydrogens is 338 g/mol. The molecule has 6 heteroatoms. The fourth-order valence-corrected chi connectivity index (χ4v) is 2.53. The van der Waals surface area contributed by atoms with Crippen molar-refractivity contribution in [3.63, 3.8) is 0 Å². The van der Waals surface area contributed by atoms with Gasteiger partial charge in [0.2, 0.25) is 11.8 Å². The van der Waals surface area contributed by atoms with Crippen molar-refractivity contribution < 1.29 is 9.59 Å². The lowest BCUT2D eigenvalue weighted by molar-refractivity contribution is -0.119. The number of hydrogen-bond acceptors (Lipinski definition) is 3. The summed E-state index contributed by atoms with van der Waals surface area (Å²) in [5.41, 5.74) is 2.44. The van der Waals surface area contributed by atoms with Crippen LogP contribution in [0.15, 0.2) is 48.5 Å². The Morgan fingerprint density at radius 2 is 1.80 bits per heavy atom. The standard InChI is InChI=1S/C19H22ClN3O2/c1-13-8-9-16(12-17(13)20)23-19(25)18(15-6-4-3-5-7-15)22-11-10-21-14(2)24/h3-9,12,18,22H,10-11H2,1-2H3,(H,21,24)(H,23,25)/t18-/m1/s1. The van der Waals surface area contributed by atoms with Crippen LogP contribution in [-0.2, 0) is 9.59 Å². The maximum absolute atomic E-state index is 12.7. The molecule has 1 atom stereocenters. The molecule has 0 bridgehead atoms. The van der Waals surface area contributed by atoms with E-state index in [1.807, 2.05) is 49.4 Å². The van der Waals surface area contributed by atoms with Gasteiger partial charge < -0.3 is 16.0 Å². The summed E-state index contributed by atoms with van der Waals surface area (Å²) >= 11 is 6.12. The van der Waals surface area contributed by atoms with Crippen LogP contribution in [0.4, 0.5) is 5.69 Å². The van der Waals surface area contributed by atoms with Gasteiger partial charge in [-0.3, -0.25) is 9.59 Å². The minimum absolute atomic E-state index is 0.100. The Labute approximate surface area is 152 Å². The van der Waals surface area contributed by atoms with Crippen LogP contribution in [0.2, 0.25) is 5.02 Å². The normalized spacial score (nSPS) is 11.6. The predicted molar refractivity (Wildman–Crippen MR) is 101 cm³/mol. The number of rotatable bonds is 7. The molecule has 25 heavy (non-hydrogen) atoms. The summed E-state index contributed by atoms with van der Waals surface area (Å²) < 4.78 is 0. The Kier molecular flexibility index (Phi) is 6.98. The molecule has 2 amide bonds. The van der Waals surface area contributed by atoms with Crippen LogP contribution in [0.3, 0.4) is 0 Å². The SMILES string of the molecule is CC(=O)NCCN[C@@H](C(=O)Nc1ccc(C)c(Cl)c1)c1ccccc1. The van der Waals surface area contributed by atoms with E-state index in [0.29, 0.717) is 23.8 Å². The first-order valence-corrected chi connectivity index (χ1v) is 8.45. The third-order valence-electron chi connectivity index (χ3n) is 3.68. The van der Waals surface area contributed by atoms with Gasteiger partial charge >= 0.3 is 0 Å². The molecule has 0 saturated carbocycles. The number of aryl methyl sites for hydroxylation is 1. The van der Waals surface area contributed by atoms with Gasteiger partial charge in [0.1, 0.15) is 6.04 Å². The summed E-state index contributed by atoms with van der Waals surface area (Å²) in [7, 11) is 0. The fourth-order valence-electron chi connectivity index (χ4n) is 2.35. The number of anilines is 1. The zero-order valence-corrected chi connectivity index (χ0v) is 15.1. The van der Waals surface area contributed by atoms with Gasteiger partial charge in [0.15, 0.2) is 0 Å². The molecule has 0 heterocycles. The first-order chi connectivity index (χ1) is 12.0. The molecule has 0 aliphatic carbocycles. The third-order valence-corrected chi connectivity index (χ3v) is 4.09. The van der Waals surface area contributed by atoms with Crippen molar-refractivity contribution in [1.82, 2.24) is 10.6 Å². The molecule has 0 saturated heterocycles. The fraction of sp³-hybridized carbons (Fsp3) is 0.263. The monoisotopic (exact) mass is 359 g/mol. The van der Waals surface area contributed by atoms with E-state index in [-0.39, 0.29) is 11.8 Å². The topological polar surface area (TPSA) is 70.2 Å². The number of halogens is 1. The van der Waals surface area contributed by atoms with Crippen molar-refractivity contribution in [3.05, 3.63) is 64.7 Å². The molecular formula is C19H22ClN3O2. The van der Waals surface area contributed by atoms with Crippen molar-refractivity contribution >= 4 is 29.1 Å². The minimum atomic E-state index is -0.532. The van der Waals surface area contributed by atoms with E-state index in [2.05, 4.69) is 16.0 Å². The van der Waals surface area contributed by atoms with Gasteiger partial charge in [0.25, 0.3) is 0 Å². The quantitative estimate of drug-likeness (QED) is 0.665. The highest BCUT2D eigenvalue weighted by Crippen LogP contribution is 2.21. The van der Waals surface area contributed by atoms with E-state index in [1.165, 1.54) is 6.92 Å². The van der Waals surface area contributed by atoms with Gasteiger partial charge in [-0.2, -0.15) is 0 Å². The molecule has 0 aliphatic heterocycles. The van der Waals surface area contributed by atoms with Gasteiger partial charge in [-0.25, -0.2) is 0 Å². The zero-order chi connectivity index (χ0) is 18.2. The zero-order valence-electron chi connectivity index (χ0n) is 14.3. The lowest BCUT2D eigenvalue weighted by Crippen LogP contribution is -2.37. The Hall–Kier alpha value is -2.37. The summed E-state index contributed by atoms with van der Waals surface area (Å²) in [6, 6.07) is 14.3. The molecule has 2 rings (SSSR count). The van der Waals surface area contributed by atoms with Crippen molar-refractivity contribution in [1.29, 1.82) is 0 Å². The van der Waals surface area contributed by atoms with Crippen LogP contribution in [0.25, 0.3) is 0 Å².